The zero-order valence-electron chi connectivity index (χ0n) is 8.42. The molecule has 0 radical (unpaired) electrons. The van der Waals surface area contributed by atoms with Crippen molar-refractivity contribution >= 4 is 21.6 Å². The Bertz CT molecular complexity index is 356. The largest absolute Gasteiger partial charge is 0.370 e. The molecule has 15 heavy (non-hydrogen) atoms. The van der Waals surface area contributed by atoms with Gasteiger partial charge in [0.25, 0.3) is 0 Å². The van der Waals surface area contributed by atoms with Crippen molar-refractivity contribution in [2.75, 3.05) is 18.0 Å². The summed E-state index contributed by atoms with van der Waals surface area (Å²) in [5, 5.41) is 0. The molecular formula is C11H14BrFN2. The Morgan fingerprint density at radius 2 is 2.27 bits per heavy atom. The second-order valence-electron chi connectivity index (χ2n) is 3.95. The van der Waals surface area contributed by atoms with Crippen molar-refractivity contribution in [3.8, 4) is 0 Å². The first-order valence-corrected chi connectivity index (χ1v) is 5.91. The van der Waals surface area contributed by atoms with Crippen LogP contribution < -0.4 is 10.6 Å². The Morgan fingerprint density at radius 3 is 2.93 bits per heavy atom. The Hall–Kier alpha value is -0.610. The third kappa shape index (κ3) is 2.49. The van der Waals surface area contributed by atoms with E-state index >= 15 is 0 Å². The minimum absolute atomic E-state index is 0.222. The van der Waals surface area contributed by atoms with Crippen molar-refractivity contribution in [3.05, 3.63) is 28.5 Å². The lowest BCUT2D eigenvalue weighted by atomic mass is 10.1. The number of anilines is 1. The number of nitrogens with zero attached hydrogens (tertiary/aromatic N) is 1. The predicted octanol–water partition coefficient (Wildman–Crippen LogP) is 2.52. The van der Waals surface area contributed by atoms with E-state index in [9.17, 15) is 4.39 Å². The summed E-state index contributed by atoms with van der Waals surface area (Å²) >= 11 is 3.19. The van der Waals surface area contributed by atoms with Gasteiger partial charge < -0.3 is 10.6 Å². The molecule has 1 aliphatic heterocycles. The van der Waals surface area contributed by atoms with Gasteiger partial charge in [0.1, 0.15) is 5.82 Å². The first-order chi connectivity index (χ1) is 7.16. The number of piperidine rings is 1. The fraction of sp³-hybridized carbons (Fsp3) is 0.455. The van der Waals surface area contributed by atoms with Gasteiger partial charge in [-0.15, -0.1) is 0 Å². The van der Waals surface area contributed by atoms with Gasteiger partial charge in [-0.3, -0.25) is 0 Å². The molecule has 1 atom stereocenters. The number of nitrogens with two attached hydrogens (primary N) is 1. The first-order valence-electron chi connectivity index (χ1n) is 5.12. The Kier molecular flexibility index (Phi) is 3.26. The molecule has 1 aromatic carbocycles. The summed E-state index contributed by atoms with van der Waals surface area (Å²) in [5.74, 6) is -0.222. The lowest BCUT2D eigenvalue weighted by molar-refractivity contribution is 0.505. The molecule has 1 heterocycles. The maximum Gasteiger partial charge on any atom is 0.137 e. The molecule has 2 N–H and O–H groups in total. The molecular weight excluding hydrogens is 259 g/mol. The van der Waals surface area contributed by atoms with E-state index < -0.39 is 0 Å². The van der Waals surface area contributed by atoms with Gasteiger partial charge in [0.15, 0.2) is 0 Å². The molecule has 0 saturated carbocycles. The van der Waals surface area contributed by atoms with Gasteiger partial charge in [0.2, 0.25) is 0 Å². The quantitative estimate of drug-likeness (QED) is 0.851. The average Bonchev–Trinajstić information content (AvgIpc) is 2.22. The van der Waals surface area contributed by atoms with E-state index in [1.165, 1.54) is 6.07 Å². The summed E-state index contributed by atoms with van der Waals surface area (Å²) in [5.41, 5.74) is 6.94. The lowest BCUT2D eigenvalue weighted by Gasteiger charge is -2.32. The minimum Gasteiger partial charge on any atom is -0.370 e. The van der Waals surface area contributed by atoms with Gasteiger partial charge >= 0.3 is 0 Å². The summed E-state index contributed by atoms with van der Waals surface area (Å²) < 4.78 is 13.6. The maximum absolute atomic E-state index is 13.1. The van der Waals surface area contributed by atoms with Crippen LogP contribution in [0.5, 0.6) is 0 Å². The number of benzene rings is 1. The van der Waals surface area contributed by atoms with Crippen molar-refractivity contribution < 1.29 is 4.39 Å². The van der Waals surface area contributed by atoms with Crippen LogP contribution in [0.2, 0.25) is 0 Å². The van der Waals surface area contributed by atoms with E-state index in [-0.39, 0.29) is 11.9 Å². The van der Waals surface area contributed by atoms with Crippen molar-refractivity contribution in [2.45, 2.75) is 18.9 Å². The van der Waals surface area contributed by atoms with Crippen LogP contribution in [0, 0.1) is 5.82 Å². The average molecular weight is 273 g/mol. The van der Waals surface area contributed by atoms with Crippen LogP contribution in [-0.2, 0) is 0 Å². The predicted molar refractivity (Wildman–Crippen MR) is 63.5 cm³/mol. The number of rotatable bonds is 1. The topological polar surface area (TPSA) is 29.3 Å². The minimum atomic E-state index is -0.222. The van der Waals surface area contributed by atoms with Crippen LogP contribution in [0.1, 0.15) is 12.8 Å². The van der Waals surface area contributed by atoms with E-state index in [1.54, 1.807) is 6.07 Å². The number of halogens is 2. The Labute approximate surface area is 97.4 Å². The summed E-state index contributed by atoms with van der Waals surface area (Å²) in [6, 6.07) is 5.34. The molecule has 1 fully saturated rings. The third-order valence-corrected chi connectivity index (χ3v) is 3.33. The van der Waals surface area contributed by atoms with E-state index in [0.29, 0.717) is 4.47 Å². The monoisotopic (exact) mass is 272 g/mol. The first kappa shape index (κ1) is 10.9. The molecule has 0 amide bonds. The van der Waals surface area contributed by atoms with Crippen LogP contribution in [0.15, 0.2) is 22.7 Å². The molecule has 4 heteroatoms. The maximum atomic E-state index is 13.1. The zero-order chi connectivity index (χ0) is 10.8. The highest BCUT2D eigenvalue weighted by molar-refractivity contribution is 9.10. The highest BCUT2D eigenvalue weighted by Crippen LogP contribution is 2.25. The van der Waals surface area contributed by atoms with E-state index in [0.717, 1.165) is 31.6 Å². The lowest BCUT2D eigenvalue weighted by Crippen LogP contribution is -2.42. The molecule has 0 aliphatic carbocycles. The van der Waals surface area contributed by atoms with Gasteiger partial charge in [-0.05, 0) is 47.0 Å². The van der Waals surface area contributed by atoms with Crippen LogP contribution in [0.25, 0.3) is 0 Å². The van der Waals surface area contributed by atoms with E-state index in [4.69, 9.17) is 5.73 Å². The SMILES string of the molecule is NC1CCCN(c2ccc(F)c(Br)c2)C1. The van der Waals surface area contributed by atoms with Gasteiger partial charge in [0.05, 0.1) is 4.47 Å². The fourth-order valence-electron chi connectivity index (χ4n) is 1.93. The molecule has 0 spiro atoms. The second-order valence-corrected chi connectivity index (χ2v) is 4.80. The molecule has 0 aromatic heterocycles. The molecule has 1 saturated heterocycles. The third-order valence-electron chi connectivity index (χ3n) is 2.73. The Morgan fingerprint density at radius 1 is 1.47 bits per heavy atom. The molecule has 2 rings (SSSR count). The summed E-state index contributed by atoms with van der Waals surface area (Å²) in [7, 11) is 0. The van der Waals surface area contributed by atoms with Gasteiger partial charge in [-0.2, -0.15) is 0 Å². The fourth-order valence-corrected chi connectivity index (χ4v) is 2.29. The van der Waals surface area contributed by atoms with Gasteiger partial charge in [0, 0.05) is 24.8 Å². The second kappa shape index (κ2) is 4.49. The zero-order valence-corrected chi connectivity index (χ0v) is 10.0. The Balaban J connectivity index is 2.18. The molecule has 1 aromatic rings. The van der Waals surface area contributed by atoms with Crippen molar-refractivity contribution in [2.24, 2.45) is 5.73 Å². The standard InChI is InChI=1S/C11H14BrFN2/c12-10-6-9(3-4-11(10)13)15-5-1-2-8(14)7-15/h3-4,6,8H,1-2,5,7,14H2. The van der Waals surface area contributed by atoms with Crippen LogP contribution in [-0.4, -0.2) is 19.1 Å². The van der Waals surface area contributed by atoms with Crippen LogP contribution >= 0.6 is 15.9 Å². The van der Waals surface area contributed by atoms with Crippen molar-refractivity contribution in [3.63, 3.8) is 0 Å². The van der Waals surface area contributed by atoms with Gasteiger partial charge in [-0.1, -0.05) is 0 Å². The van der Waals surface area contributed by atoms with Crippen molar-refractivity contribution in [1.82, 2.24) is 0 Å². The number of hydrogen-bond acceptors (Lipinski definition) is 2. The summed E-state index contributed by atoms with van der Waals surface area (Å²) in [6.07, 6.45) is 2.19. The van der Waals surface area contributed by atoms with Crippen LogP contribution in [0.3, 0.4) is 0 Å². The van der Waals surface area contributed by atoms with Crippen molar-refractivity contribution in [1.29, 1.82) is 0 Å². The summed E-state index contributed by atoms with van der Waals surface area (Å²) in [4.78, 5) is 2.21. The highest BCUT2D eigenvalue weighted by Gasteiger charge is 2.17. The molecule has 1 aliphatic rings. The normalized spacial score (nSPS) is 21.8. The number of hydrogen-bond donors (Lipinski definition) is 1. The molecule has 2 nitrogen and oxygen atoms in total. The van der Waals surface area contributed by atoms with E-state index in [1.807, 2.05) is 6.07 Å². The molecule has 82 valence electrons. The highest BCUT2D eigenvalue weighted by atomic mass is 79.9. The molecule has 0 bridgehead atoms. The van der Waals surface area contributed by atoms with Gasteiger partial charge in [-0.25, -0.2) is 4.39 Å². The summed E-state index contributed by atoms with van der Waals surface area (Å²) in [6.45, 7) is 1.86. The van der Waals surface area contributed by atoms with Crippen LogP contribution in [0.4, 0.5) is 10.1 Å². The smallest absolute Gasteiger partial charge is 0.137 e. The molecule has 1 unspecified atom stereocenters. The van der Waals surface area contributed by atoms with E-state index in [2.05, 4.69) is 20.8 Å².